The largest absolute Gasteiger partial charge is 0.368 e. The smallest absolute Gasteiger partial charge is 0.320 e. The standard InChI is InChI=1S/C30H24F5N3O2/c31-23-3-5-24(6-4-23)36-9-11-37(12-10-36)30(40)38-17-21(13-19-1-7-25(32)27(34)15-19)29(39)22(18-38)14-20-2-8-26(33)28(35)16-20/h1-8,13-16H,9-12,17-18H2/b21-13+,22-14+. The van der Waals surface area contributed by atoms with Crippen LogP contribution in [0.4, 0.5) is 32.4 Å². The SMILES string of the molecule is O=C1/C(=C/c2ccc(F)c(F)c2)CN(C(=O)N2CCN(c3ccc(F)cc3)CC2)C/C1=C\c1ccc(F)c(F)c1. The fraction of sp³-hybridized carbons (Fsp3) is 0.200. The molecule has 3 aromatic rings. The van der Waals surface area contributed by atoms with Crippen molar-refractivity contribution >= 4 is 29.7 Å². The number of halogens is 5. The van der Waals surface area contributed by atoms with Crippen molar-refractivity contribution < 1.29 is 31.5 Å². The van der Waals surface area contributed by atoms with Gasteiger partial charge in [0.2, 0.25) is 0 Å². The molecule has 0 saturated carbocycles. The zero-order chi connectivity index (χ0) is 28.4. The Morgan fingerprint density at radius 2 is 1.12 bits per heavy atom. The van der Waals surface area contributed by atoms with Gasteiger partial charge in [0.25, 0.3) is 0 Å². The lowest BCUT2D eigenvalue weighted by atomic mass is 9.94. The van der Waals surface area contributed by atoms with Gasteiger partial charge < -0.3 is 14.7 Å². The van der Waals surface area contributed by atoms with E-state index in [9.17, 15) is 31.5 Å². The molecular formula is C30H24F5N3O2. The number of ketones is 1. The number of piperidine rings is 1. The van der Waals surface area contributed by atoms with E-state index in [0.29, 0.717) is 26.2 Å². The van der Waals surface area contributed by atoms with Crippen molar-refractivity contribution in [3.63, 3.8) is 0 Å². The third kappa shape index (κ3) is 5.90. The van der Waals surface area contributed by atoms with E-state index < -0.39 is 29.1 Å². The first kappa shape index (κ1) is 27.1. The second-order valence-corrected chi connectivity index (χ2v) is 9.60. The summed E-state index contributed by atoms with van der Waals surface area (Å²) in [5.74, 6) is -5.01. The van der Waals surface area contributed by atoms with Gasteiger partial charge in [-0.2, -0.15) is 0 Å². The zero-order valence-corrected chi connectivity index (χ0v) is 21.2. The average Bonchev–Trinajstić information content (AvgIpc) is 2.95. The fourth-order valence-corrected chi connectivity index (χ4v) is 4.79. The highest BCUT2D eigenvalue weighted by molar-refractivity contribution is 6.15. The molecule has 0 aliphatic carbocycles. The Kier molecular flexibility index (Phi) is 7.68. The Morgan fingerprint density at radius 1 is 0.625 bits per heavy atom. The number of likely N-dealkylation sites (tertiary alicyclic amines) is 1. The summed E-state index contributed by atoms with van der Waals surface area (Å²) in [5.41, 5.74) is 1.62. The van der Waals surface area contributed by atoms with Crippen LogP contribution in [0.3, 0.4) is 0 Å². The second-order valence-electron chi connectivity index (χ2n) is 9.60. The summed E-state index contributed by atoms with van der Waals surface area (Å²) in [7, 11) is 0. The molecule has 3 aromatic carbocycles. The molecule has 2 aliphatic rings. The topological polar surface area (TPSA) is 43.9 Å². The van der Waals surface area contributed by atoms with Crippen LogP contribution >= 0.6 is 0 Å². The van der Waals surface area contributed by atoms with Crippen molar-refractivity contribution in [2.75, 3.05) is 44.2 Å². The monoisotopic (exact) mass is 553 g/mol. The quantitative estimate of drug-likeness (QED) is 0.310. The zero-order valence-electron chi connectivity index (χ0n) is 21.2. The molecule has 10 heteroatoms. The number of rotatable bonds is 3. The van der Waals surface area contributed by atoms with Crippen LogP contribution in [0.25, 0.3) is 12.2 Å². The highest BCUT2D eigenvalue weighted by Crippen LogP contribution is 2.25. The molecule has 0 unspecified atom stereocenters. The van der Waals surface area contributed by atoms with Crippen LogP contribution in [-0.2, 0) is 4.79 Å². The molecule has 40 heavy (non-hydrogen) atoms. The van der Waals surface area contributed by atoms with E-state index in [4.69, 9.17) is 0 Å². The van der Waals surface area contributed by atoms with Crippen molar-refractivity contribution in [3.8, 4) is 0 Å². The predicted octanol–water partition coefficient (Wildman–Crippen LogP) is 5.68. The molecule has 2 aliphatic heterocycles. The molecule has 2 saturated heterocycles. The van der Waals surface area contributed by atoms with E-state index >= 15 is 0 Å². The number of anilines is 1. The Balaban J connectivity index is 1.40. The van der Waals surface area contributed by atoms with E-state index in [0.717, 1.165) is 30.0 Å². The van der Waals surface area contributed by atoms with Gasteiger partial charge in [-0.25, -0.2) is 26.7 Å². The van der Waals surface area contributed by atoms with Gasteiger partial charge in [0.1, 0.15) is 5.82 Å². The number of hydrogen-bond donors (Lipinski definition) is 0. The molecule has 0 bridgehead atoms. The molecule has 5 rings (SSSR count). The second kappa shape index (κ2) is 11.3. The summed E-state index contributed by atoms with van der Waals surface area (Å²) in [5, 5.41) is 0. The Hall–Kier alpha value is -4.47. The summed E-state index contributed by atoms with van der Waals surface area (Å²) >= 11 is 0. The minimum absolute atomic E-state index is 0.0794. The molecule has 5 nitrogen and oxygen atoms in total. The van der Waals surface area contributed by atoms with E-state index in [-0.39, 0.29) is 47.2 Å². The Bertz CT molecular complexity index is 1440. The maximum atomic E-state index is 13.8. The minimum Gasteiger partial charge on any atom is -0.368 e. The van der Waals surface area contributed by atoms with Crippen LogP contribution in [0, 0.1) is 29.1 Å². The number of hydrogen-bond acceptors (Lipinski definition) is 3. The highest BCUT2D eigenvalue weighted by Gasteiger charge is 2.33. The normalized spacial score (nSPS) is 18.1. The summed E-state index contributed by atoms with van der Waals surface area (Å²) in [6.07, 6.45) is 2.77. The molecule has 0 radical (unpaired) electrons. The van der Waals surface area contributed by atoms with Crippen LogP contribution in [0.1, 0.15) is 11.1 Å². The van der Waals surface area contributed by atoms with Crippen molar-refractivity contribution in [1.82, 2.24) is 9.80 Å². The van der Waals surface area contributed by atoms with E-state index in [1.54, 1.807) is 17.0 Å². The number of piperazine rings is 1. The maximum Gasteiger partial charge on any atom is 0.320 e. The number of nitrogens with zero attached hydrogens (tertiary/aromatic N) is 3. The molecule has 2 amide bonds. The van der Waals surface area contributed by atoms with Gasteiger partial charge >= 0.3 is 6.03 Å². The lowest BCUT2D eigenvalue weighted by Gasteiger charge is -2.40. The van der Waals surface area contributed by atoms with E-state index in [2.05, 4.69) is 0 Å². The van der Waals surface area contributed by atoms with Gasteiger partial charge in [-0.3, -0.25) is 4.79 Å². The van der Waals surface area contributed by atoms with Crippen molar-refractivity contribution in [1.29, 1.82) is 0 Å². The molecule has 0 aromatic heterocycles. The lowest BCUT2D eigenvalue weighted by Crippen LogP contribution is -2.54. The Morgan fingerprint density at radius 3 is 1.60 bits per heavy atom. The molecule has 2 fully saturated rings. The predicted molar refractivity (Wildman–Crippen MR) is 141 cm³/mol. The maximum absolute atomic E-state index is 13.8. The number of carbonyl (C=O) groups excluding carboxylic acids is 2. The van der Waals surface area contributed by atoms with Gasteiger partial charge in [-0.15, -0.1) is 0 Å². The van der Waals surface area contributed by atoms with Gasteiger partial charge in [-0.1, -0.05) is 12.1 Å². The third-order valence-electron chi connectivity index (χ3n) is 6.89. The van der Waals surface area contributed by atoms with Crippen LogP contribution in [0.5, 0.6) is 0 Å². The number of amides is 2. The number of carbonyl (C=O) groups is 2. The first-order chi connectivity index (χ1) is 19.2. The van der Waals surface area contributed by atoms with Crippen molar-refractivity contribution in [3.05, 3.63) is 112 Å². The summed E-state index contributed by atoms with van der Waals surface area (Å²) < 4.78 is 67.8. The summed E-state index contributed by atoms with van der Waals surface area (Å²) in [4.78, 5) is 32.0. The van der Waals surface area contributed by atoms with E-state index in [1.165, 1.54) is 41.3 Å². The first-order valence-electron chi connectivity index (χ1n) is 12.6. The molecule has 2 heterocycles. The molecule has 0 N–H and O–H groups in total. The van der Waals surface area contributed by atoms with Crippen molar-refractivity contribution in [2.45, 2.75) is 0 Å². The van der Waals surface area contributed by atoms with Gasteiger partial charge in [-0.05, 0) is 71.8 Å². The van der Waals surface area contributed by atoms with Crippen molar-refractivity contribution in [2.24, 2.45) is 0 Å². The molecule has 206 valence electrons. The number of benzene rings is 3. The minimum atomic E-state index is -1.08. The number of Topliss-reactive ketones (excluding diaryl/α,β-unsaturated/α-hetero) is 1. The summed E-state index contributed by atoms with van der Waals surface area (Å²) in [6.45, 7) is 1.63. The number of urea groups is 1. The van der Waals surface area contributed by atoms with Gasteiger partial charge in [0.15, 0.2) is 29.1 Å². The molecule has 0 atom stereocenters. The third-order valence-corrected chi connectivity index (χ3v) is 6.89. The van der Waals surface area contributed by atoms with Crippen LogP contribution in [0.2, 0.25) is 0 Å². The first-order valence-corrected chi connectivity index (χ1v) is 12.6. The highest BCUT2D eigenvalue weighted by atomic mass is 19.2. The van der Waals surface area contributed by atoms with Gasteiger partial charge in [0, 0.05) is 43.0 Å². The molecule has 0 spiro atoms. The van der Waals surface area contributed by atoms with Crippen LogP contribution < -0.4 is 4.90 Å². The van der Waals surface area contributed by atoms with Gasteiger partial charge in [0.05, 0.1) is 13.1 Å². The lowest BCUT2D eigenvalue weighted by molar-refractivity contribution is -0.113. The Labute approximate surface area is 227 Å². The average molecular weight is 554 g/mol. The fourth-order valence-electron chi connectivity index (χ4n) is 4.79. The van der Waals surface area contributed by atoms with E-state index in [1.807, 2.05) is 4.90 Å². The molecular weight excluding hydrogens is 529 g/mol. The van der Waals surface area contributed by atoms with Crippen LogP contribution in [0.15, 0.2) is 71.8 Å². The summed E-state index contributed by atoms with van der Waals surface area (Å²) in [6, 6.07) is 12.2. The van der Waals surface area contributed by atoms with Crippen LogP contribution in [-0.4, -0.2) is 60.9 Å².